The first-order valence-corrected chi connectivity index (χ1v) is 8.48. The van der Waals surface area contributed by atoms with Gasteiger partial charge in [0.05, 0.1) is 4.90 Å². The van der Waals surface area contributed by atoms with Gasteiger partial charge in [-0.2, -0.15) is 11.8 Å². The summed E-state index contributed by atoms with van der Waals surface area (Å²) in [6.45, 7) is 0. The second kappa shape index (κ2) is 6.78. The van der Waals surface area contributed by atoms with Gasteiger partial charge in [0, 0.05) is 11.3 Å². The van der Waals surface area contributed by atoms with Gasteiger partial charge in [0.2, 0.25) is 0 Å². The minimum Gasteiger partial charge on any atom is -0.503 e. The van der Waals surface area contributed by atoms with Crippen LogP contribution in [-0.4, -0.2) is 17.6 Å². The van der Waals surface area contributed by atoms with Crippen LogP contribution in [0.15, 0.2) is 47.4 Å². The van der Waals surface area contributed by atoms with Gasteiger partial charge in [0.1, 0.15) is 5.75 Å². The van der Waals surface area contributed by atoms with E-state index in [-0.39, 0.29) is 5.75 Å². The fourth-order valence-electron chi connectivity index (χ4n) is 1.75. The highest BCUT2D eigenvalue weighted by Crippen LogP contribution is 2.38. The SMILES string of the molecule is CSCc1ccccc1Oc1cccc(SC)c1O. The van der Waals surface area contributed by atoms with Crippen LogP contribution < -0.4 is 4.74 Å². The van der Waals surface area contributed by atoms with Gasteiger partial charge in [0.25, 0.3) is 0 Å². The van der Waals surface area contributed by atoms with Crippen LogP contribution >= 0.6 is 23.5 Å². The maximum atomic E-state index is 10.1. The Balaban J connectivity index is 2.31. The molecule has 2 aromatic carbocycles. The molecule has 0 unspecified atom stereocenters. The predicted molar refractivity (Wildman–Crippen MR) is 83.6 cm³/mol. The van der Waals surface area contributed by atoms with E-state index >= 15 is 0 Å². The van der Waals surface area contributed by atoms with E-state index in [9.17, 15) is 5.11 Å². The molecule has 19 heavy (non-hydrogen) atoms. The summed E-state index contributed by atoms with van der Waals surface area (Å²) in [5.74, 6) is 2.39. The average molecular weight is 292 g/mol. The lowest BCUT2D eigenvalue weighted by Gasteiger charge is -2.12. The first kappa shape index (κ1) is 14.2. The van der Waals surface area contributed by atoms with Gasteiger partial charge in [-0.1, -0.05) is 24.3 Å². The summed E-state index contributed by atoms with van der Waals surface area (Å²) in [6.07, 6.45) is 3.99. The Morgan fingerprint density at radius 2 is 1.74 bits per heavy atom. The summed E-state index contributed by atoms with van der Waals surface area (Å²) in [4.78, 5) is 0.819. The van der Waals surface area contributed by atoms with Crippen LogP contribution in [0.5, 0.6) is 17.2 Å². The summed E-state index contributed by atoms with van der Waals surface area (Å²) in [5.41, 5.74) is 1.13. The first-order valence-electron chi connectivity index (χ1n) is 5.87. The van der Waals surface area contributed by atoms with Crippen LogP contribution in [0.1, 0.15) is 5.56 Å². The monoisotopic (exact) mass is 292 g/mol. The molecule has 100 valence electrons. The third-order valence-electron chi connectivity index (χ3n) is 2.67. The summed E-state index contributed by atoms with van der Waals surface area (Å²) in [6, 6.07) is 13.5. The summed E-state index contributed by atoms with van der Waals surface area (Å²) in [7, 11) is 0. The topological polar surface area (TPSA) is 29.5 Å². The number of hydrogen-bond donors (Lipinski definition) is 1. The molecule has 0 saturated carbocycles. The number of rotatable bonds is 5. The third-order valence-corrected chi connectivity index (χ3v) is 4.04. The fraction of sp³-hybridized carbons (Fsp3) is 0.200. The molecule has 0 spiro atoms. The van der Waals surface area contributed by atoms with Crippen molar-refractivity contribution in [2.45, 2.75) is 10.6 Å². The van der Waals surface area contributed by atoms with Gasteiger partial charge in [0.15, 0.2) is 11.5 Å². The van der Waals surface area contributed by atoms with E-state index in [1.165, 1.54) is 11.8 Å². The highest BCUT2D eigenvalue weighted by Gasteiger charge is 2.10. The van der Waals surface area contributed by atoms with Gasteiger partial charge in [-0.05, 0) is 30.7 Å². The Kier molecular flexibility index (Phi) is 5.05. The lowest BCUT2D eigenvalue weighted by Crippen LogP contribution is -1.91. The molecular formula is C15H16O2S2. The second-order valence-electron chi connectivity index (χ2n) is 3.95. The number of thioether (sulfide) groups is 2. The van der Waals surface area contributed by atoms with Gasteiger partial charge in [-0.3, -0.25) is 0 Å². The minimum absolute atomic E-state index is 0.203. The number of phenolic OH excluding ortho intramolecular Hbond substituents is 1. The molecule has 0 heterocycles. The zero-order valence-corrected chi connectivity index (χ0v) is 12.6. The van der Waals surface area contributed by atoms with Crippen molar-refractivity contribution in [3.8, 4) is 17.2 Å². The molecule has 0 saturated heterocycles. The molecule has 0 aliphatic heterocycles. The van der Waals surface area contributed by atoms with Crippen molar-refractivity contribution in [1.29, 1.82) is 0 Å². The molecule has 0 radical (unpaired) electrons. The molecule has 0 bridgehead atoms. The number of benzene rings is 2. The third kappa shape index (κ3) is 3.39. The maximum Gasteiger partial charge on any atom is 0.172 e. The summed E-state index contributed by atoms with van der Waals surface area (Å²) in [5, 5.41) is 10.1. The molecule has 4 heteroatoms. The Morgan fingerprint density at radius 1 is 1.00 bits per heavy atom. The second-order valence-corrected chi connectivity index (χ2v) is 5.66. The molecule has 0 amide bonds. The van der Waals surface area contributed by atoms with Gasteiger partial charge in [-0.15, -0.1) is 11.8 Å². The molecule has 0 fully saturated rings. The zero-order chi connectivity index (χ0) is 13.7. The smallest absolute Gasteiger partial charge is 0.172 e. The predicted octanol–water partition coefficient (Wildman–Crippen LogP) is 4.77. The van der Waals surface area contributed by atoms with E-state index in [0.717, 1.165) is 22.0 Å². The van der Waals surface area contributed by atoms with Crippen molar-refractivity contribution in [2.75, 3.05) is 12.5 Å². The molecule has 0 aromatic heterocycles. The highest BCUT2D eigenvalue weighted by molar-refractivity contribution is 7.98. The molecule has 2 aromatic rings. The van der Waals surface area contributed by atoms with E-state index in [1.807, 2.05) is 42.7 Å². The number of aromatic hydroxyl groups is 1. The van der Waals surface area contributed by atoms with Crippen molar-refractivity contribution in [3.05, 3.63) is 48.0 Å². The molecule has 2 nitrogen and oxygen atoms in total. The van der Waals surface area contributed by atoms with Crippen LogP contribution in [0.25, 0.3) is 0 Å². The van der Waals surface area contributed by atoms with Crippen LogP contribution in [0.4, 0.5) is 0 Å². The van der Waals surface area contributed by atoms with Crippen LogP contribution in [0, 0.1) is 0 Å². The molecule has 0 aliphatic rings. The van der Waals surface area contributed by atoms with E-state index in [1.54, 1.807) is 17.8 Å². The van der Waals surface area contributed by atoms with Gasteiger partial charge < -0.3 is 9.84 Å². The molecular weight excluding hydrogens is 276 g/mol. The van der Waals surface area contributed by atoms with Crippen LogP contribution in [0.3, 0.4) is 0 Å². The number of ether oxygens (including phenoxy) is 1. The average Bonchev–Trinajstić information content (AvgIpc) is 2.43. The van der Waals surface area contributed by atoms with Crippen LogP contribution in [-0.2, 0) is 5.75 Å². The summed E-state index contributed by atoms with van der Waals surface area (Å²) >= 11 is 3.25. The number of phenols is 1. The first-order chi connectivity index (χ1) is 9.26. The van der Waals surface area contributed by atoms with Crippen molar-refractivity contribution in [2.24, 2.45) is 0 Å². The molecule has 1 N–H and O–H groups in total. The lowest BCUT2D eigenvalue weighted by atomic mass is 10.2. The largest absolute Gasteiger partial charge is 0.503 e. The molecule has 2 rings (SSSR count). The van der Waals surface area contributed by atoms with Gasteiger partial charge >= 0.3 is 0 Å². The van der Waals surface area contributed by atoms with Crippen molar-refractivity contribution < 1.29 is 9.84 Å². The van der Waals surface area contributed by atoms with Crippen molar-refractivity contribution in [3.63, 3.8) is 0 Å². The fourth-order valence-corrected chi connectivity index (χ4v) is 2.80. The summed E-state index contributed by atoms with van der Waals surface area (Å²) < 4.78 is 5.86. The Morgan fingerprint density at radius 3 is 2.47 bits per heavy atom. The Hall–Kier alpha value is -1.26. The molecule has 0 aliphatic carbocycles. The molecule has 0 atom stereocenters. The quantitative estimate of drug-likeness (QED) is 0.804. The Bertz CT molecular complexity index is 556. The van der Waals surface area contributed by atoms with Gasteiger partial charge in [-0.25, -0.2) is 0 Å². The van der Waals surface area contributed by atoms with E-state index in [0.29, 0.717) is 5.75 Å². The number of hydrogen-bond acceptors (Lipinski definition) is 4. The van der Waals surface area contributed by atoms with E-state index in [4.69, 9.17) is 4.74 Å². The standard InChI is InChI=1S/C15H16O2S2/c1-18-10-11-6-3-4-7-12(11)17-13-8-5-9-14(19-2)15(13)16/h3-9,16H,10H2,1-2H3. The Labute approximate surface area is 122 Å². The van der Waals surface area contributed by atoms with Crippen LogP contribution in [0.2, 0.25) is 0 Å². The normalized spacial score (nSPS) is 10.4. The zero-order valence-electron chi connectivity index (χ0n) is 10.9. The lowest BCUT2D eigenvalue weighted by molar-refractivity contribution is 0.401. The van der Waals surface area contributed by atoms with E-state index in [2.05, 4.69) is 6.26 Å². The van der Waals surface area contributed by atoms with Crippen molar-refractivity contribution >= 4 is 23.5 Å². The van der Waals surface area contributed by atoms with E-state index < -0.39 is 0 Å². The highest BCUT2D eigenvalue weighted by atomic mass is 32.2. The number of para-hydroxylation sites is 2. The minimum atomic E-state index is 0.203. The van der Waals surface area contributed by atoms with Crippen molar-refractivity contribution in [1.82, 2.24) is 0 Å². The maximum absolute atomic E-state index is 10.1.